The van der Waals surface area contributed by atoms with Crippen molar-refractivity contribution in [2.75, 3.05) is 12.4 Å². The van der Waals surface area contributed by atoms with E-state index in [0.29, 0.717) is 18.4 Å². The topological polar surface area (TPSA) is 92.8 Å². The molecule has 0 unspecified atom stereocenters. The van der Waals surface area contributed by atoms with Crippen LogP contribution in [0.2, 0.25) is 0 Å². The summed E-state index contributed by atoms with van der Waals surface area (Å²) in [6, 6.07) is 6.10. The van der Waals surface area contributed by atoms with Gasteiger partial charge in [-0.3, -0.25) is 9.59 Å². The molecule has 1 rings (SSSR count). The quantitative estimate of drug-likeness (QED) is 0.635. The van der Waals surface area contributed by atoms with Gasteiger partial charge >= 0.3 is 5.97 Å². The first-order valence-electron chi connectivity index (χ1n) is 6.80. The van der Waals surface area contributed by atoms with Crippen LogP contribution in [-0.4, -0.2) is 36.2 Å². The molecular formula is C15H18N2O5. The minimum atomic E-state index is -0.699. The van der Waals surface area contributed by atoms with Gasteiger partial charge in [0.25, 0.3) is 5.91 Å². The van der Waals surface area contributed by atoms with E-state index in [2.05, 4.69) is 5.32 Å². The van der Waals surface area contributed by atoms with Crippen molar-refractivity contribution in [2.45, 2.75) is 26.2 Å². The van der Waals surface area contributed by atoms with E-state index < -0.39 is 11.9 Å². The molecule has 0 atom stereocenters. The number of anilines is 1. The average molecular weight is 306 g/mol. The number of aldehydes is 1. The fourth-order valence-electron chi connectivity index (χ4n) is 1.51. The lowest BCUT2D eigenvalue weighted by atomic mass is 10.2. The van der Waals surface area contributed by atoms with E-state index in [1.54, 1.807) is 19.1 Å². The predicted octanol–water partition coefficient (Wildman–Crippen LogP) is 1.54. The molecule has 7 nitrogen and oxygen atoms in total. The minimum absolute atomic E-state index is 0.0186. The molecule has 0 saturated heterocycles. The third kappa shape index (κ3) is 5.35. The number of hydrogen-bond acceptors (Lipinski definition) is 5. The SMILES string of the molecule is CCC(=O)Nc1ccc(C(=O)ON(C)C(=O)CCC=O)cc1. The minimum Gasteiger partial charge on any atom is -0.333 e. The number of benzene rings is 1. The molecule has 0 fully saturated rings. The van der Waals surface area contributed by atoms with Crippen molar-refractivity contribution < 1.29 is 24.0 Å². The van der Waals surface area contributed by atoms with Gasteiger partial charge in [-0.25, -0.2) is 4.79 Å². The fourth-order valence-corrected chi connectivity index (χ4v) is 1.51. The Morgan fingerprint density at radius 2 is 1.86 bits per heavy atom. The molecule has 0 aliphatic carbocycles. The van der Waals surface area contributed by atoms with E-state index in [-0.39, 0.29) is 24.3 Å². The summed E-state index contributed by atoms with van der Waals surface area (Å²) in [6.07, 6.45) is 1.04. The lowest BCUT2D eigenvalue weighted by Crippen LogP contribution is -2.29. The normalized spacial score (nSPS) is 9.73. The molecule has 0 aliphatic rings. The van der Waals surface area contributed by atoms with Crippen LogP contribution in [0, 0.1) is 0 Å². The average Bonchev–Trinajstić information content (AvgIpc) is 2.52. The molecule has 22 heavy (non-hydrogen) atoms. The highest BCUT2D eigenvalue weighted by atomic mass is 16.7. The van der Waals surface area contributed by atoms with Crippen LogP contribution in [0.4, 0.5) is 5.69 Å². The van der Waals surface area contributed by atoms with Crippen molar-refractivity contribution in [2.24, 2.45) is 0 Å². The molecule has 0 bridgehead atoms. The lowest BCUT2D eigenvalue weighted by molar-refractivity contribution is -0.161. The van der Waals surface area contributed by atoms with E-state index in [4.69, 9.17) is 4.84 Å². The highest BCUT2D eigenvalue weighted by Gasteiger charge is 2.15. The molecule has 1 aromatic rings. The molecule has 0 spiro atoms. The summed E-state index contributed by atoms with van der Waals surface area (Å²) in [4.78, 5) is 49.7. The molecule has 0 aromatic heterocycles. The molecule has 0 saturated carbocycles. The number of carbonyl (C=O) groups excluding carboxylic acids is 4. The highest BCUT2D eigenvalue weighted by molar-refractivity contribution is 5.93. The number of hydroxylamine groups is 2. The molecule has 1 N–H and O–H groups in total. The Morgan fingerprint density at radius 3 is 2.41 bits per heavy atom. The number of amides is 2. The Balaban J connectivity index is 2.60. The first kappa shape index (κ1) is 17.4. The number of rotatable bonds is 6. The second-order valence-electron chi connectivity index (χ2n) is 4.45. The van der Waals surface area contributed by atoms with Crippen LogP contribution in [-0.2, 0) is 19.2 Å². The fraction of sp³-hybridized carbons (Fsp3) is 0.333. The summed E-state index contributed by atoms with van der Waals surface area (Å²) in [5.41, 5.74) is 0.809. The maximum absolute atomic E-state index is 11.9. The summed E-state index contributed by atoms with van der Waals surface area (Å²) in [7, 11) is 1.31. The third-order valence-corrected chi connectivity index (χ3v) is 2.77. The van der Waals surface area contributed by atoms with Gasteiger partial charge in [-0.2, -0.15) is 5.06 Å². The smallest absolute Gasteiger partial charge is 0.333 e. The van der Waals surface area contributed by atoms with Crippen LogP contribution in [0.5, 0.6) is 0 Å². The van der Waals surface area contributed by atoms with E-state index >= 15 is 0 Å². The van der Waals surface area contributed by atoms with Crippen molar-refractivity contribution in [1.82, 2.24) is 5.06 Å². The van der Waals surface area contributed by atoms with Crippen molar-refractivity contribution >= 4 is 29.8 Å². The number of nitrogens with zero attached hydrogens (tertiary/aromatic N) is 1. The van der Waals surface area contributed by atoms with Crippen molar-refractivity contribution in [3.05, 3.63) is 29.8 Å². The van der Waals surface area contributed by atoms with Gasteiger partial charge in [-0.1, -0.05) is 6.92 Å². The number of nitrogens with one attached hydrogen (secondary N) is 1. The number of carbonyl (C=O) groups is 4. The van der Waals surface area contributed by atoms with Gasteiger partial charge in [-0.05, 0) is 24.3 Å². The van der Waals surface area contributed by atoms with Gasteiger partial charge < -0.3 is 14.9 Å². The Labute approximate surface area is 128 Å². The second kappa shape index (κ2) is 8.56. The van der Waals surface area contributed by atoms with Crippen molar-refractivity contribution in [1.29, 1.82) is 0 Å². The van der Waals surface area contributed by atoms with E-state index in [9.17, 15) is 19.2 Å². The Kier molecular flexibility index (Phi) is 6.75. The van der Waals surface area contributed by atoms with Crippen LogP contribution < -0.4 is 5.32 Å². The van der Waals surface area contributed by atoms with Gasteiger partial charge in [-0.15, -0.1) is 0 Å². The van der Waals surface area contributed by atoms with Gasteiger partial charge in [0.1, 0.15) is 6.29 Å². The molecule has 0 heterocycles. The standard InChI is InChI=1S/C15H18N2O5/c1-3-13(19)16-12-8-6-11(7-9-12)15(21)22-17(2)14(20)5-4-10-18/h6-10H,3-5H2,1-2H3,(H,16,19). The third-order valence-electron chi connectivity index (χ3n) is 2.77. The van der Waals surface area contributed by atoms with E-state index in [1.807, 2.05) is 0 Å². The zero-order chi connectivity index (χ0) is 16.5. The van der Waals surface area contributed by atoms with Crippen molar-refractivity contribution in [3.8, 4) is 0 Å². The summed E-state index contributed by atoms with van der Waals surface area (Å²) in [5.74, 6) is -1.29. The maximum Gasteiger partial charge on any atom is 0.363 e. The molecule has 0 radical (unpaired) electrons. The Bertz CT molecular complexity index is 554. The maximum atomic E-state index is 11.9. The van der Waals surface area contributed by atoms with Gasteiger partial charge in [0.15, 0.2) is 0 Å². The largest absolute Gasteiger partial charge is 0.363 e. The lowest BCUT2D eigenvalue weighted by Gasteiger charge is -2.15. The Hall–Kier alpha value is -2.70. The monoisotopic (exact) mass is 306 g/mol. The molecular weight excluding hydrogens is 288 g/mol. The summed E-state index contributed by atoms with van der Waals surface area (Å²) in [5, 5.41) is 3.46. The summed E-state index contributed by atoms with van der Waals surface area (Å²) in [6.45, 7) is 1.73. The van der Waals surface area contributed by atoms with E-state index in [0.717, 1.165) is 5.06 Å². The van der Waals surface area contributed by atoms with Crippen molar-refractivity contribution in [3.63, 3.8) is 0 Å². The number of hydrogen-bond donors (Lipinski definition) is 1. The van der Waals surface area contributed by atoms with Crippen LogP contribution in [0.1, 0.15) is 36.5 Å². The first-order valence-corrected chi connectivity index (χ1v) is 6.80. The van der Waals surface area contributed by atoms with E-state index in [1.165, 1.54) is 19.2 Å². The highest BCUT2D eigenvalue weighted by Crippen LogP contribution is 2.11. The second-order valence-corrected chi connectivity index (χ2v) is 4.45. The molecule has 2 amide bonds. The zero-order valence-electron chi connectivity index (χ0n) is 12.5. The van der Waals surface area contributed by atoms with Crippen LogP contribution >= 0.6 is 0 Å². The van der Waals surface area contributed by atoms with Gasteiger partial charge in [0.2, 0.25) is 5.91 Å². The first-order chi connectivity index (χ1) is 10.5. The Morgan fingerprint density at radius 1 is 1.23 bits per heavy atom. The van der Waals surface area contributed by atoms with Gasteiger partial charge in [0, 0.05) is 32.0 Å². The van der Waals surface area contributed by atoms with Crippen LogP contribution in [0.25, 0.3) is 0 Å². The predicted molar refractivity (Wildman–Crippen MR) is 78.8 cm³/mol. The van der Waals surface area contributed by atoms with Crippen LogP contribution in [0.3, 0.4) is 0 Å². The zero-order valence-corrected chi connectivity index (χ0v) is 12.5. The molecule has 0 aliphatic heterocycles. The molecule has 1 aromatic carbocycles. The molecule has 118 valence electrons. The summed E-state index contributed by atoms with van der Waals surface area (Å²) < 4.78 is 0. The van der Waals surface area contributed by atoms with Crippen LogP contribution in [0.15, 0.2) is 24.3 Å². The summed E-state index contributed by atoms with van der Waals surface area (Å²) >= 11 is 0. The van der Waals surface area contributed by atoms with Gasteiger partial charge in [0.05, 0.1) is 5.56 Å². The molecule has 7 heteroatoms.